The standard InChI is InChI=1S/C10H11N3/c1-8(10-6-12-7-13-10)9-2-4-11-5-3-9/h2-8H,1H3,(H,12,13)/t8-/m1/s1. The molecule has 0 aliphatic heterocycles. The minimum atomic E-state index is 0.352. The van der Waals surface area contributed by atoms with Gasteiger partial charge < -0.3 is 4.98 Å². The van der Waals surface area contributed by atoms with Crippen LogP contribution in [-0.4, -0.2) is 15.0 Å². The number of aromatic nitrogens is 3. The third-order valence-corrected chi connectivity index (χ3v) is 2.19. The van der Waals surface area contributed by atoms with Gasteiger partial charge in [-0.2, -0.15) is 0 Å². The van der Waals surface area contributed by atoms with Crippen LogP contribution in [0.15, 0.2) is 37.1 Å². The van der Waals surface area contributed by atoms with Crippen LogP contribution in [0.5, 0.6) is 0 Å². The first-order valence-electron chi connectivity index (χ1n) is 4.26. The molecule has 0 bridgehead atoms. The van der Waals surface area contributed by atoms with Crippen molar-refractivity contribution in [3.05, 3.63) is 48.3 Å². The van der Waals surface area contributed by atoms with Crippen LogP contribution in [0.3, 0.4) is 0 Å². The average Bonchev–Trinajstić information content (AvgIpc) is 2.71. The molecule has 0 saturated carbocycles. The van der Waals surface area contributed by atoms with Gasteiger partial charge in [0.05, 0.1) is 6.33 Å². The topological polar surface area (TPSA) is 41.6 Å². The maximum absolute atomic E-state index is 4.00. The fraction of sp³-hybridized carbons (Fsp3) is 0.200. The molecule has 0 spiro atoms. The van der Waals surface area contributed by atoms with E-state index in [1.807, 2.05) is 30.7 Å². The van der Waals surface area contributed by atoms with Crippen LogP contribution in [-0.2, 0) is 0 Å². The Morgan fingerprint density at radius 1 is 1.23 bits per heavy atom. The lowest BCUT2D eigenvalue weighted by atomic mass is 10.00. The second-order valence-corrected chi connectivity index (χ2v) is 3.01. The van der Waals surface area contributed by atoms with Crippen molar-refractivity contribution >= 4 is 0 Å². The van der Waals surface area contributed by atoms with Gasteiger partial charge in [0.25, 0.3) is 0 Å². The quantitative estimate of drug-likeness (QED) is 0.754. The van der Waals surface area contributed by atoms with Crippen molar-refractivity contribution in [1.29, 1.82) is 0 Å². The van der Waals surface area contributed by atoms with E-state index in [2.05, 4.69) is 21.9 Å². The molecule has 0 fully saturated rings. The van der Waals surface area contributed by atoms with Crippen LogP contribution in [0.1, 0.15) is 24.1 Å². The average molecular weight is 173 g/mol. The fourth-order valence-corrected chi connectivity index (χ4v) is 1.34. The summed E-state index contributed by atoms with van der Waals surface area (Å²) < 4.78 is 0. The van der Waals surface area contributed by atoms with E-state index in [1.54, 1.807) is 6.33 Å². The molecule has 13 heavy (non-hydrogen) atoms. The van der Waals surface area contributed by atoms with E-state index < -0.39 is 0 Å². The second kappa shape index (κ2) is 3.39. The van der Waals surface area contributed by atoms with E-state index in [-0.39, 0.29) is 0 Å². The van der Waals surface area contributed by atoms with Gasteiger partial charge in [-0.1, -0.05) is 6.92 Å². The Bertz CT molecular complexity index is 353. The lowest BCUT2D eigenvalue weighted by molar-refractivity contribution is 0.879. The van der Waals surface area contributed by atoms with Crippen LogP contribution in [0, 0.1) is 0 Å². The predicted octanol–water partition coefficient (Wildman–Crippen LogP) is 1.96. The van der Waals surface area contributed by atoms with Crippen molar-refractivity contribution in [2.75, 3.05) is 0 Å². The van der Waals surface area contributed by atoms with Crippen molar-refractivity contribution in [1.82, 2.24) is 15.0 Å². The third kappa shape index (κ3) is 1.59. The summed E-state index contributed by atoms with van der Waals surface area (Å²) >= 11 is 0. The molecule has 2 aromatic heterocycles. The Hall–Kier alpha value is -1.64. The number of pyridine rings is 1. The third-order valence-electron chi connectivity index (χ3n) is 2.19. The van der Waals surface area contributed by atoms with E-state index in [9.17, 15) is 0 Å². The molecule has 0 aliphatic rings. The van der Waals surface area contributed by atoms with Crippen molar-refractivity contribution in [2.24, 2.45) is 0 Å². The van der Waals surface area contributed by atoms with Gasteiger partial charge in [0.15, 0.2) is 0 Å². The molecule has 3 nitrogen and oxygen atoms in total. The zero-order valence-electron chi connectivity index (χ0n) is 7.44. The zero-order chi connectivity index (χ0) is 9.10. The molecule has 2 rings (SSSR count). The second-order valence-electron chi connectivity index (χ2n) is 3.01. The first-order valence-corrected chi connectivity index (χ1v) is 4.26. The summed E-state index contributed by atoms with van der Waals surface area (Å²) in [6.45, 7) is 2.14. The molecule has 1 atom stereocenters. The maximum atomic E-state index is 4.00. The molecular weight excluding hydrogens is 162 g/mol. The number of nitrogens with one attached hydrogen (secondary N) is 1. The molecule has 66 valence electrons. The predicted molar refractivity (Wildman–Crippen MR) is 50.3 cm³/mol. The number of rotatable bonds is 2. The summed E-state index contributed by atoms with van der Waals surface area (Å²) in [5.74, 6) is 0.352. The summed E-state index contributed by atoms with van der Waals surface area (Å²) in [7, 11) is 0. The molecule has 0 amide bonds. The molecule has 0 saturated heterocycles. The van der Waals surface area contributed by atoms with E-state index in [0.29, 0.717) is 5.92 Å². The van der Waals surface area contributed by atoms with Gasteiger partial charge in [-0.3, -0.25) is 4.98 Å². The summed E-state index contributed by atoms with van der Waals surface area (Å²) in [5.41, 5.74) is 2.38. The molecule has 3 heteroatoms. The zero-order valence-corrected chi connectivity index (χ0v) is 7.44. The highest BCUT2D eigenvalue weighted by atomic mass is 14.9. The highest BCUT2D eigenvalue weighted by Crippen LogP contribution is 2.20. The van der Waals surface area contributed by atoms with E-state index >= 15 is 0 Å². The molecule has 1 N–H and O–H groups in total. The van der Waals surface area contributed by atoms with E-state index in [0.717, 1.165) is 5.69 Å². The first kappa shape index (κ1) is 7.98. The Kier molecular flexibility index (Phi) is 2.08. The van der Waals surface area contributed by atoms with Gasteiger partial charge in [0.1, 0.15) is 0 Å². The number of aromatic amines is 1. The Labute approximate surface area is 76.9 Å². The van der Waals surface area contributed by atoms with Gasteiger partial charge in [-0.05, 0) is 17.7 Å². The van der Waals surface area contributed by atoms with Gasteiger partial charge in [0, 0.05) is 30.2 Å². The lowest BCUT2D eigenvalue weighted by Crippen LogP contribution is -1.95. The first-order chi connectivity index (χ1) is 6.38. The monoisotopic (exact) mass is 173 g/mol. The summed E-state index contributed by atoms with van der Waals surface area (Å²) in [6.07, 6.45) is 7.17. The van der Waals surface area contributed by atoms with Gasteiger partial charge >= 0.3 is 0 Å². The number of hydrogen-bond acceptors (Lipinski definition) is 2. The number of hydrogen-bond donors (Lipinski definition) is 1. The molecular formula is C10H11N3. The van der Waals surface area contributed by atoms with E-state index in [4.69, 9.17) is 0 Å². The Morgan fingerprint density at radius 2 is 2.00 bits per heavy atom. The summed E-state index contributed by atoms with van der Waals surface area (Å²) in [4.78, 5) is 11.1. The Balaban J connectivity index is 2.29. The normalized spacial score (nSPS) is 12.7. The van der Waals surface area contributed by atoms with Crippen LogP contribution < -0.4 is 0 Å². The van der Waals surface area contributed by atoms with Crippen molar-refractivity contribution in [2.45, 2.75) is 12.8 Å². The van der Waals surface area contributed by atoms with Gasteiger partial charge in [-0.25, -0.2) is 4.98 Å². The maximum Gasteiger partial charge on any atom is 0.0921 e. The highest BCUT2D eigenvalue weighted by molar-refractivity contribution is 5.23. The van der Waals surface area contributed by atoms with Gasteiger partial charge in [-0.15, -0.1) is 0 Å². The molecule has 0 unspecified atom stereocenters. The Morgan fingerprint density at radius 3 is 2.62 bits per heavy atom. The number of H-pyrrole nitrogens is 1. The molecule has 0 aliphatic carbocycles. The smallest absolute Gasteiger partial charge is 0.0921 e. The minimum absolute atomic E-state index is 0.352. The molecule has 2 aromatic rings. The van der Waals surface area contributed by atoms with Crippen molar-refractivity contribution in [3.8, 4) is 0 Å². The van der Waals surface area contributed by atoms with Crippen LogP contribution in [0.2, 0.25) is 0 Å². The fourth-order valence-electron chi connectivity index (χ4n) is 1.34. The molecule has 0 aromatic carbocycles. The van der Waals surface area contributed by atoms with Crippen molar-refractivity contribution < 1.29 is 0 Å². The minimum Gasteiger partial charge on any atom is -0.348 e. The van der Waals surface area contributed by atoms with Crippen LogP contribution in [0.25, 0.3) is 0 Å². The van der Waals surface area contributed by atoms with Crippen LogP contribution in [0.4, 0.5) is 0 Å². The SMILES string of the molecule is C[C@H](c1ccncc1)c1cnc[nH]1. The largest absolute Gasteiger partial charge is 0.348 e. The number of imidazole rings is 1. The highest BCUT2D eigenvalue weighted by Gasteiger charge is 2.08. The lowest BCUT2D eigenvalue weighted by Gasteiger charge is -2.08. The molecule has 2 heterocycles. The van der Waals surface area contributed by atoms with Gasteiger partial charge in [0.2, 0.25) is 0 Å². The summed E-state index contributed by atoms with van der Waals surface area (Å²) in [5, 5.41) is 0. The van der Waals surface area contributed by atoms with Crippen molar-refractivity contribution in [3.63, 3.8) is 0 Å². The molecule has 0 radical (unpaired) electrons. The summed E-state index contributed by atoms with van der Waals surface area (Å²) in [6, 6.07) is 4.04. The number of nitrogens with zero attached hydrogens (tertiary/aromatic N) is 2. The van der Waals surface area contributed by atoms with Crippen LogP contribution >= 0.6 is 0 Å². The van der Waals surface area contributed by atoms with E-state index in [1.165, 1.54) is 5.56 Å².